The van der Waals surface area contributed by atoms with E-state index in [-0.39, 0.29) is 52.9 Å². The van der Waals surface area contributed by atoms with Gasteiger partial charge in [0.1, 0.15) is 49.4 Å². The molecule has 12 heteroatoms. The Labute approximate surface area is 344 Å². The zero-order valence-corrected chi connectivity index (χ0v) is 32.7. The quantitative estimate of drug-likeness (QED) is 0.0978. The molecule has 4 aromatic carbocycles. The number of aromatic nitrogens is 4. The van der Waals surface area contributed by atoms with Gasteiger partial charge in [-0.05, 0) is 71.5 Å². The molecule has 0 atom stereocenters. The SMILES string of the molecule is OCCOc1cc(OCCO)cc(-n2c3ccc2C=c2[nH]c(c4c2ccc2ccccc24)=Cc2ccc(n2-c2cc(OCCO)cc(OCCO)c2)C=c2ccc([nH]2)=C3)c1. The van der Waals surface area contributed by atoms with Crippen LogP contribution in [0, 0.1) is 0 Å². The lowest BCUT2D eigenvalue weighted by atomic mass is 10.0. The van der Waals surface area contributed by atoms with Gasteiger partial charge in [0, 0.05) is 91.3 Å². The predicted molar refractivity (Wildman–Crippen MR) is 231 cm³/mol. The number of hydrogen-bond acceptors (Lipinski definition) is 8. The molecule has 304 valence electrons. The van der Waals surface area contributed by atoms with Crippen LogP contribution in [0.3, 0.4) is 0 Å². The molecule has 60 heavy (non-hydrogen) atoms. The van der Waals surface area contributed by atoms with Gasteiger partial charge in [0.05, 0.1) is 37.8 Å². The number of fused-ring (bicyclic) bond motifs is 13. The summed E-state index contributed by atoms with van der Waals surface area (Å²) >= 11 is 0. The van der Waals surface area contributed by atoms with E-state index in [0.717, 1.165) is 77.1 Å². The van der Waals surface area contributed by atoms with Crippen molar-refractivity contribution in [2.24, 2.45) is 0 Å². The van der Waals surface area contributed by atoms with Crippen molar-refractivity contribution in [1.29, 1.82) is 0 Å². The standard InChI is InChI=1S/C48H44N4O8/c53-13-17-57-40-23-38(24-41(29-40)58-18-14-54)51-34-8-10-36(51)27-46-45-12-5-31-3-1-2-4-44(31)48(45)47(50-46)28-37-11-9-35(22-33-7-6-32(21-34)49-33)52(37)39-25-42(59-19-15-55)30-43(26-39)60-20-16-56/h1-12,21-30,49-50,53-56H,13-20H2. The number of hydrogen-bond donors (Lipinski definition) is 6. The van der Waals surface area contributed by atoms with Crippen LogP contribution in [-0.4, -0.2) is 92.4 Å². The number of aromatic amines is 2. The average molecular weight is 805 g/mol. The smallest absolute Gasteiger partial charge is 0.125 e. The molecule has 1 aliphatic heterocycles. The first kappa shape index (κ1) is 38.6. The molecular formula is C48H44N4O8. The predicted octanol–water partition coefficient (Wildman–Crippen LogP) is 3.34. The molecule has 8 aromatic rings. The third-order valence-corrected chi connectivity index (χ3v) is 10.2. The Morgan fingerprint density at radius 2 is 0.867 bits per heavy atom. The van der Waals surface area contributed by atoms with E-state index in [1.807, 2.05) is 42.5 Å². The third-order valence-electron chi connectivity index (χ3n) is 10.2. The van der Waals surface area contributed by atoms with E-state index in [9.17, 15) is 20.4 Å². The van der Waals surface area contributed by atoms with E-state index in [4.69, 9.17) is 18.9 Å². The molecule has 0 spiro atoms. The van der Waals surface area contributed by atoms with Crippen molar-refractivity contribution in [3.63, 3.8) is 0 Å². The summed E-state index contributed by atoms with van der Waals surface area (Å²) in [4.78, 5) is 7.38. The maximum atomic E-state index is 9.57. The largest absolute Gasteiger partial charge is 0.491 e. The van der Waals surface area contributed by atoms with E-state index in [1.54, 1.807) is 12.1 Å². The van der Waals surface area contributed by atoms with E-state index < -0.39 is 0 Å². The summed E-state index contributed by atoms with van der Waals surface area (Å²) in [6.45, 7) is -0.124. The fraction of sp³-hybridized carbons (Fsp3) is 0.167. The summed E-state index contributed by atoms with van der Waals surface area (Å²) < 4.78 is 27.9. The molecule has 8 bridgehead atoms. The molecular weight excluding hydrogens is 761 g/mol. The maximum absolute atomic E-state index is 9.57. The highest BCUT2D eigenvalue weighted by Gasteiger charge is 2.16. The normalized spacial score (nSPS) is 12.1. The number of nitrogens with zero attached hydrogens (tertiary/aromatic N) is 2. The molecule has 9 rings (SSSR count). The zero-order valence-electron chi connectivity index (χ0n) is 32.7. The fourth-order valence-electron chi connectivity index (χ4n) is 7.84. The van der Waals surface area contributed by atoms with Crippen LogP contribution in [0.5, 0.6) is 23.0 Å². The van der Waals surface area contributed by atoms with Crippen LogP contribution in [0.25, 0.3) is 57.2 Å². The van der Waals surface area contributed by atoms with Gasteiger partial charge in [-0.25, -0.2) is 0 Å². The second-order valence-corrected chi connectivity index (χ2v) is 14.3. The molecule has 1 aliphatic rings. The molecule has 5 heterocycles. The topological polar surface area (TPSA) is 159 Å². The highest BCUT2D eigenvalue weighted by Crippen LogP contribution is 2.31. The summed E-state index contributed by atoms with van der Waals surface area (Å²) in [7, 11) is 0. The summed E-state index contributed by atoms with van der Waals surface area (Å²) in [6.07, 6.45) is 8.44. The van der Waals surface area contributed by atoms with Gasteiger partial charge < -0.3 is 58.5 Å². The number of aliphatic hydroxyl groups excluding tert-OH is 4. The van der Waals surface area contributed by atoms with Gasteiger partial charge in [-0.15, -0.1) is 0 Å². The van der Waals surface area contributed by atoms with Crippen molar-refractivity contribution in [3.05, 3.63) is 153 Å². The Morgan fingerprint density at radius 3 is 1.35 bits per heavy atom. The van der Waals surface area contributed by atoms with E-state index in [2.05, 4.69) is 98.0 Å². The van der Waals surface area contributed by atoms with Gasteiger partial charge in [0.2, 0.25) is 0 Å². The molecule has 4 aromatic heterocycles. The van der Waals surface area contributed by atoms with Crippen LogP contribution in [0.1, 0.15) is 22.8 Å². The zero-order chi connectivity index (χ0) is 41.0. The lowest BCUT2D eigenvalue weighted by Gasteiger charge is -2.15. The van der Waals surface area contributed by atoms with Crippen molar-refractivity contribution >= 4 is 45.8 Å². The van der Waals surface area contributed by atoms with Gasteiger partial charge >= 0.3 is 0 Å². The van der Waals surface area contributed by atoms with Crippen LogP contribution in [-0.2, 0) is 0 Å². The van der Waals surface area contributed by atoms with Crippen LogP contribution in [0.2, 0.25) is 0 Å². The van der Waals surface area contributed by atoms with Gasteiger partial charge in [0.25, 0.3) is 0 Å². The minimum atomic E-state index is -0.144. The Hall–Kier alpha value is -6.96. The van der Waals surface area contributed by atoms with Crippen molar-refractivity contribution < 1.29 is 39.4 Å². The Balaban J connectivity index is 1.34. The summed E-state index contributed by atoms with van der Waals surface area (Å²) in [5.74, 6) is 2.08. The minimum absolute atomic E-state index is 0.112. The van der Waals surface area contributed by atoms with Gasteiger partial charge in [-0.2, -0.15) is 0 Å². The molecule has 0 aliphatic carbocycles. The van der Waals surface area contributed by atoms with Gasteiger partial charge in [-0.3, -0.25) is 0 Å². The van der Waals surface area contributed by atoms with E-state index in [1.165, 1.54) is 0 Å². The van der Waals surface area contributed by atoms with E-state index in [0.29, 0.717) is 23.0 Å². The van der Waals surface area contributed by atoms with Crippen LogP contribution in [0.15, 0.2) is 109 Å². The first-order valence-electron chi connectivity index (χ1n) is 19.8. The van der Waals surface area contributed by atoms with Crippen molar-refractivity contribution in [2.75, 3.05) is 52.9 Å². The molecule has 0 fully saturated rings. The maximum Gasteiger partial charge on any atom is 0.125 e. The highest BCUT2D eigenvalue weighted by molar-refractivity contribution is 6.08. The number of H-pyrrole nitrogens is 2. The summed E-state index contributed by atoms with van der Waals surface area (Å²) in [6, 6.07) is 36.2. The highest BCUT2D eigenvalue weighted by atomic mass is 16.5. The molecule has 0 saturated carbocycles. The molecule has 0 unspecified atom stereocenters. The van der Waals surface area contributed by atoms with E-state index >= 15 is 0 Å². The average Bonchev–Trinajstić information content (AvgIpc) is 4.07. The first-order chi connectivity index (χ1) is 29.5. The monoisotopic (exact) mass is 804 g/mol. The summed E-state index contributed by atoms with van der Waals surface area (Å²) in [5.41, 5.74) is 5.05. The van der Waals surface area contributed by atoms with Crippen molar-refractivity contribution in [1.82, 2.24) is 19.1 Å². The second-order valence-electron chi connectivity index (χ2n) is 14.3. The number of ether oxygens (including phenoxy) is 4. The lowest BCUT2D eigenvalue weighted by molar-refractivity contribution is 0.194. The Kier molecular flexibility index (Phi) is 11.0. The van der Waals surface area contributed by atoms with Crippen LogP contribution in [0.4, 0.5) is 0 Å². The Morgan fingerprint density at radius 1 is 0.417 bits per heavy atom. The summed E-state index contributed by atoms with van der Waals surface area (Å²) in [5, 5.41) is 46.1. The number of rotatable bonds is 14. The first-order valence-corrected chi connectivity index (χ1v) is 19.8. The minimum Gasteiger partial charge on any atom is -0.491 e. The lowest BCUT2D eigenvalue weighted by Crippen LogP contribution is -2.14. The number of nitrogens with one attached hydrogen (secondary N) is 2. The molecule has 12 nitrogen and oxygen atoms in total. The number of benzene rings is 4. The Bertz CT molecular complexity index is 3030. The number of aliphatic hydroxyl groups is 4. The molecule has 6 N–H and O–H groups in total. The van der Waals surface area contributed by atoms with Crippen LogP contribution < -0.4 is 40.3 Å². The van der Waals surface area contributed by atoms with Gasteiger partial charge in [0.15, 0.2) is 0 Å². The van der Waals surface area contributed by atoms with Crippen molar-refractivity contribution in [3.8, 4) is 34.4 Å². The fourth-order valence-corrected chi connectivity index (χ4v) is 7.84. The van der Waals surface area contributed by atoms with Gasteiger partial charge in [-0.1, -0.05) is 36.4 Å². The molecule has 0 amide bonds. The second kappa shape index (κ2) is 17.1. The van der Waals surface area contributed by atoms with Crippen molar-refractivity contribution in [2.45, 2.75) is 0 Å². The molecule has 0 radical (unpaired) electrons. The third kappa shape index (κ3) is 7.80. The van der Waals surface area contributed by atoms with Crippen LogP contribution >= 0.6 is 0 Å². The molecule has 0 saturated heterocycles.